The topological polar surface area (TPSA) is 46.2 Å². The maximum absolute atomic E-state index is 11.4. The minimum atomic E-state index is -3.10. The first kappa shape index (κ1) is 14.4. The molecule has 2 rings (SSSR count). The lowest BCUT2D eigenvalue weighted by Crippen LogP contribution is -2.31. The number of rotatable bonds is 3. The highest BCUT2D eigenvalue weighted by Crippen LogP contribution is 2.36. The Morgan fingerprint density at radius 1 is 1.21 bits per heavy atom. The number of benzene rings is 1. The average molecular weight is 281 g/mol. The summed E-state index contributed by atoms with van der Waals surface area (Å²) in [5.74, 6) is 0. The lowest BCUT2D eigenvalue weighted by molar-refractivity contribution is 0.229. The summed E-state index contributed by atoms with van der Waals surface area (Å²) in [7, 11) is -3.10. The van der Waals surface area contributed by atoms with Crippen LogP contribution in [0, 0.1) is 5.41 Å². The fourth-order valence-corrected chi connectivity index (χ4v) is 3.49. The van der Waals surface area contributed by atoms with Crippen molar-refractivity contribution in [2.75, 3.05) is 11.6 Å². The van der Waals surface area contributed by atoms with Gasteiger partial charge in [0, 0.05) is 18.0 Å². The Kier molecular flexibility index (Phi) is 3.90. The highest BCUT2D eigenvalue weighted by Gasteiger charge is 2.27. The molecule has 1 aromatic rings. The van der Waals surface area contributed by atoms with Crippen molar-refractivity contribution in [1.82, 2.24) is 0 Å². The first-order chi connectivity index (χ1) is 8.76. The zero-order chi connectivity index (χ0) is 14.1. The van der Waals surface area contributed by atoms with Crippen LogP contribution in [-0.4, -0.2) is 20.7 Å². The largest absolute Gasteiger partial charge is 0.382 e. The van der Waals surface area contributed by atoms with E-state index in [4.69, 9.17) is 0 Å². The van der Waals surface area contributed by atoms with Gasteiger partial charge in [0.25, 0.3) is 0 Å². The lowest BCUT2D eigenvalue weighted by atomic mass is 9.75. The van der Waals surface area contributed by atoms with E-state index in [9.17, 15) is 8.42 Å². The van der Waals surface area contributed by atoms with Crippen LogP contribution in [0.1, 0.15) is 39.5 Å². The first-order valence-electron chi connectivity index (χ1n) is 6.83. The van der Waals surface area contributed by atoms with Gasteiger partial charge in [-0.2, -0.15) is 0 Å². The van der Waals surface area contributed by atoms with Gasteiger partial charge in [-0.1, -0.05) is 20.3 Å². The Morgan fingerprint density at radius 2 is 1.84 bits per heavy atom. The molecule has 0 spiro atoms. The predicted molar refractivity (Wildman–Crippen MR) is 79.2 cm³/mol. The van der Waals surface area contributed by atoms with Crippen LogP contribution in [0.5, 0.6) is 0 Å². The van der Waals surface area contributed by atoms with Gasteiger partial charge in [-0.3, -0.25) is 0 Å². The molecule has 0 aromatic heterocycles. The number of nitrogens with one attached hydrogen (secondary N) is 1. The van der Waals surface area contributed by atoms with Gasteiger partial charge in [0.05, 0.1) is 4.90 Å². The molecule has 1 saturated carbocycles. The molecule has 1 aromatic carbocycles. The van der Waals surface area contributed by atoms with Crippen molar-refractivity contribution in [1.29, 1.82) is 0 Å². The highest BCUT2D eigenvalue weighted by molar-refractivity contribution is 7.90. The first-order valence-corrected chi connectivity index (χ1v) is 8.72. The molecular formula is C15H23NO2S. The average Bonchev–Trinajstić information content (AvgIpc) is 2.27. The van der Waals surface area contributed by atoms with Crippen LogP contribution in [0.3, 0.4) is 0 Å². The van der Waals surface area contributed by atoms with E-state index in [0.29, 0.717) is 16.4 Å². The molecule has 3 nitrogen and oxygen atoms in total. The van der Waals surface area contributed by atoms with Gasteiger partial charge in [0.15, 0.2) is 9.84 Å². The summed E-state index contributed by atoms with van der Waals surface area (Å²) in [4.78, 5) is 0.377. The monoisotopic (exact) mass is 281 g/mol. The van der Waals surface area contributed by atoms with E-state index in [1.807, 2.05) is 12.1 Å². The van der Waals surface area contributed by atoms with Gasteiger partial charge < -0.3 is 5.32 Å². The molecule has 19 heavy (non-hydrogen) atoms. The molecule has 0 heterocycles. The molecule has 1 aliphatic rings. The summed E-state index contributed by atoms with van der Waals surface area (Å²) in [5.41, 5.74) is 1.41. The zero-order valence-corrected chi connectivity index (χ0v) is 12.8. The quantitative estimate of drug-likeness (QED) is 0.922. The number of hydrogen-bond donors (Lipinski definition) is 1. The number of sulfone groups is 1. The van der Waals surface area contributed by atoms with Crippen LogP contribution in [-0.2, 0) is 9.84 Å². The van der Waals surface area contributed by atoms with E-state index in [1.54, 1.807) is 12.1 Å². The highest BCUT2D eigenvalue weighted by atomic mass is 32.2. The Morgan fingerprint density at radius 3 is 2.37 bits per heavy atom. The predicted octanol–water partition coefficient (Wildman–Crippen LogP) is 3.47. The van der Waals surface area contributed by atoms with Gasteiger partial charge in [-0.15, -0.1) is 0 Å². The molecule has 0 aliphatic heterocycles. The van der Waals surface area contributed by atoms with Crippen LogP contribution in [0.4, 0.5) is 5.69 Å². The Labute approximate surface area is 116 Å². The second kappa shape index (κ2) is 5.16. The van der Waals surface area contributed by atoms with Crippen molar-refractivity contribution in [3.63, 3.8) is 0 Å². The lowest BCUT2D eigenvalue weighted by Gasteiger charge is -2.36. The Hall–Kier alpha value is -1.03. The van der Waals surface area contributed by atoms with Gasteiger partial charge >= 0.3 is 0 Å². The van der Waals surface area contributed by atoms with E-state index in [2.05, 4.69) is 19.2 Å². The molecule has 0 radical (unpaired) electrons. The van der Waals surface area contributed by atoms with Crippen molar-refractivity contribution in [2.24, 2.45) is 5.41 Å². The minimum absolute atomic E-state index is 0.377. The van der Waals surface area contributed by atoms with Crippen LogP contribution in [0.15, 0.2) is 29.2 Å². The summed E-state index contributed by atoms with van der Waals surface area (Å²) in [6, 6.07) is 7.56. The van der Waals surface area contributed by atoms with E-state index in [1.165, 1.54) is 31.9 Å². The van der Waals surface area contributed by atoms with Gasteiger partial charge in [-0.05, 0) is 48.9 Å². The van der Waals surface area contributed by atoms with E-state index >= 15 is 0 Å². The smallest absolute Gasteiger partial charge is 0.175 e. The molecule has 1 fully saturated rings. The third kappa shape index (κ3) is 3.96. The molecule has 4 heteroatoms. The van der Waals surface area contributed by atoms with Crippen LogP contribution in [0.25, 0.3) is 0 Å². The standard InChI is InChI=1S/C15H23NO2S/c1-15(2)10-4-5-13(11-15)16-12-6-8-14(9-7-12)19(3,17)18/h6-9,13,16H,4-5,10-11H2,1-3H3. The molecule has 1 aliphatic carbocycles. The normalized spacial score (nSPS) is 23.0. The molecular weight excluding hydrogens is 258 g/mol. The molecule has 1 atom stereocenters. The number of hydrogen-bond acceptors (Lipinski definition) is 3. The summed E-state index contributed by atoms with van der Waals surface area (Å²) >= 11 is 0. The van der Waals surface area contributed by atoms with Crippen molar-refractivity contribution in [2.45, 2.75) is 50.5 Å². The summed E-state index contributed by atoms with van der Waals surface area (Å²) in [6.07, 6.45) is 6.14. The second-order valence-electron chi connectivity index (χ2n) is 6.40. The molecule has 0 saturated heterocycles. The fraction of sp³-hybridized carbons (Fsp3) is 0.600. The molecule has 0 bridgehead atoms. The van der Waals surface area contributed by atoms with Gasteiger partial charge in [-0.25, -0.2) is 8.42 Å². The van der Waals surface area contributed by atoms with Crippen molar-refractivity contribution in [3.05, 3.63) is 24.3 Å². The van der Waals surface area contributed by atoms with Gasteiger partial charge in [0.2, 0.25) is 0 Å². The second-order valence-corrected chi connectivity index (χ2v) is 8.41. The molecule has 1 unspecified atom stereocenters. The van der Waals surface area contributed by atoms with E-state index < -0.39 is 9.84 Å². The Bertz CT molecular complexity index is 532. The SMILES string of the molecule is CC1(C)CCCC(Nc2ccc(S(C)(=O)=O)cc2)C1. The van der Waals surface area contributed by atoms with Crippen LogP contribution >= 0.6 is 0 Å². The molecule has 0 amide bonds. The molecule has 106 valence electrons. The number of anilines is 1. The summed E-state index contributed by atoms with van der Waals surface area (Å²) < 4.78 is 22.8. The summed E-state index contributed by atoms with van der Waals surface area (Å²) in [6.45, 7) is 4.63. The van der Waals surface area contributed by atoms with E-state index in [0.717, 1.165) is 5.69 Å². The fourth-order valence-electron chi connectivity index (χ4n) is 2.86. The maximum Gasteiger partial charge on any atom is 0.175 e. The van der Waals surface area contributed by atoms with Crippen LogP contribution < -0.4 is 5.32 Å². The van der Waals surface area contributed by atoms with Crippen LogP contribution in [0.2, 0.25) is 0 Å². The third-order valence-corrected chi connectivity index (χ3v) is 4.99. The molecule has 1 N–H and O–H groups in total. The third-order valence-electron chi connectivity index (χ3n) is 3.86. The van der Waals surface area contributed by atoms with Crippen molar-refractivity contribution < 1.29 is 8.42 Å². The van der Waals surface area contributed by atoms with Gasteiger partial charge in [0.1, 0.15) is 0 Å². The zero-order valence-electron chi connectivity index (χ0n) is 11.9. The van der Waals surface area contributed by atoms with Crippen molar-refractivity contribution >= 4 is 15.5 Å². The Balaban J connectivity index is 2.04. The summed E-state index contributed by atoms with van der Waals surface area (Å²) in [5, 5.41) is 3.52. The minimum Gasteiger partial charge on any atom is -0.382 e. The van der Waals surface area contributed by atoms with Crippen molar-refractivity contribution in [3.8, 4) is 0 Å². The maximum atomic E-state index is 11.4. The van der Waals surface area contributed by atoms with E-state index in [-0.39, 0.29) is 0 Å².